The summed E-state index contributed by atoms with van der Waals surface area (Å²) in [5, 5.41) is 9.28. The number of morpholine rings is 1. The summed E-state index contributed by atoms with van der Waals surface area (Å²) >= 11 is 1.62. The van der Waals surface area contributed by atoms with Gasteiger partial charge in [0.15, 0.2) is 0 Å². The molecular formula is C16H23NO3S. The Balaban J connectivity index is 1.82. The van der Waals surface area contributed by atoms with Crippen LogP contribution in [0.15, 0.2) is 30.3 Å². The van der Waals surface area contributed by atoms with E-state index in [2.05, 4.69) is 12.1 Å². The van der Waals surface area contributed by atoms with Crippen LogP contribution in [0.4, 0.5) is 0 Å². The van der Waals surface area contributed by atoms with Gasteiger partial charge < -0.3 is 14.7 Å². The molecule has 0 radical (unpaired) electrons. The molecule has 0 bridgehead atoms. The van der Waals surface area contributed by atoms with Gasteiger partial charge in [0, 0.05) is 18.8 Å². The van der Waals surface area contributed by atoms with Gasteiger partial charge in [-0.3, -0.25) is 4.79 Å². The molecule has 1 aromatic rings. The topological polar surface area (TPSA) is 49.8 Å². The molecule has 5 heteroatoms. The van der Waals surface area contributed by atoms with Crippen LogP contribution in [0.1, 0.15) is 19.4 Å². The zero-order valence-corrected chi connectivity index (χ0v) is 13.4. The second-order valence-electron chi connectivity index (χ2n) is 5.93. The van der Waals surface area contributed by atoms with Crippen LogP contribution in [0.5, 0.6) is 0 Å². The molecule has 1 amide bonds. The Kier molecular flexibility index (Phi) is 5.67. The predicted octanol–water partition coefficient (Wildman–Crippen LogP) is 1.92. The fraction of sp³-hybridized carbons (Fsp3) is 0.562. The van der Waals surface area contributed by atoms with Gasteiger partial charge >= 0.3 is 0 Å². The minimum atomic E-state index is -0.397. The van der Waals surface area contributed by atoms with Crippen molar-refractivity contribution in [3.05, 3.63) is 35.9 Å². The van der Waals surface area contributed by atoms with Crippen LogP contribution in [-0.2, 0) is 15.3 Å². The standard InChI is InChI=1S/C16H23NO3S/c1-16(2)12-17(8-14(9-18)20-16)15(19)11-21-10-13-6-4-3-5-7-13/h3-7,14,18H,8-12H2,1-2H3. The lowest BCUT2D eigenvalue weighted by Gasteiger charge is -2.42. The van der Waals surface area contributed by atoms with Crippen LogP contribution >= 0.6 is 11.8 Å². The normalized spacial score (nSPS) is 21.3. The monoisotopic (exact) mass is 309 g/mol. The van der Waals surface area contributed by atoms with Crippen molar-refractivity contribution >= 4 is 17.7 Å². The fourth-order valence-electron chi connectivity index (χ4n) is 2.50. The smallest absolute Gasteiger partial charge is 0.232 e. The summed E-state index contributed by atoms with van der Waals surface area (Å²) in [7, 11) is 0. The lowest BCUT2D eigenvalue weighted by atomic mass is 10.1. The van der Waals surface area contributed by atoms with Crippen molar-refractivity contribution in [3.63, 3.8) is 0 Å². The molecule has 0 aliphatic carbocycles. The summed E-state index contributed by atoms with van der Waals surface area (Å²) in [5.74, 6) is 1.41. The first-order valence-electron chi connectivity index (χ1n) is 7.18. The molecule has 21 heavy (non-hydrogen) atoms. The Morgan fingerprint density at radius 3 is 2.81 bits per heavy atom. The molecule has 1 unspecified atom stereocenters. The highest BCUT2D eigenvalue weighted by molar-refractivity contribution is 7.99. The Hall–Kier alpha value is -1.04. The number of thioether (sulfide) groups is 1. The van der Waals surface area contributed by atoms with E-state index in [0.717, 1.165) is 5.75 Å². The molecule has 116 valence electrons. The molecule has 1 saturated heterocycles. The van der Waals surface area contributed by atoms with Crippen molar-refractivity contribution in [2.45, 2.75) is 31.3 Å². The number of rotatable bonds is 5. The minimum absolute atomic E-state index is 0.0512. The molecule has 2 rings (SSSR count). The van der Waals surface area contributed by atoms with Crippen molar-refractivity contribution in [2.24, 2.45) is 0 Å². The highest BCUT2D eigenvalue weighted by atomic mass is 32.2. The van der Waals surface area contributed by atoms with Crippen molar-refractivity contribution < 1.29 is 14.6 Å². The lowest BCUT2D eigenvalue weighted by Crippen LogP contribution is -2.56. The third kappa shape index (κ3) is 5.02. The number of carbonyl (C=O) groups excluding carboxylic acids is 1. The summed E-state index contributed by atoms with van der Waals surface area (Å²) in [6, 6.07) is 10.1. The van der Waals surface area contributed by atoms with E-state index in [9.17, 15) is 9.90 Å². The van der Waals surface area contributed by atoms with Crippen LogP contribution in [0.2, 0.25) is 0 Å². The number of carbonyl (C=O) groups is 1. The first-order chi connectivity index (χ1) is 10.00. The minimum Gasteiger partial charge on any atom is -0.394 e. The fourth-order valence-corrected chi connectivity index (χ4v) is 3.39. The largest absolute Gasteiger partial charge is 0.394 e. The van der Waals surface area contributed by atoms with E-state index >= 15 is 0 Å². The van der Waals surface area contributed by atoms with E-state index in [4.69, 9.17) is 4.74 Å². The summed E-state index contributed by atoms with van der Waals surface area (Å²) in [6.45, 7) is 4.90. The molecular weight excluding hydrogens is 286 g/mol. The van der Waals surface area contributed by atoms with Crippen molar-refractivity contribution in [1.82, 2.24) is 4.90 Å². The van der Waals surface area contributed by atoms with E-state index in [1.165, 1.54) is 5.56 Å². The number of aliphatic hydroxyl groups is 1. The molecule has 1 aliphatic rings. The van der Waals surface area contributed by atoms with Gasteiger partial charge in [-0.1, -0.05) is 30.3 Å². The van der Waals surface area contributed by atoms with Gasteiger partial charge in [0.2, 0.25) is 5.91 Å². The zero-order chi connectivity index (χ0) is 15.3. The molecule has 0 spiro atoms. The van der Waals surface area contributed by atoms with E-state index in [-0.39, 0.29) is 18.6 Å². The molecule has 1 heterocycles. The highest BCUT2D eigenvalue weighted by Gasteiger charge is 2.34. The zero-order valence-electron chi connectivity index (χ0n) is 12.6. The highest BCUT2D eigenvalue weighted by Crippen LogP contribution is 2.22. The van der Waals surface area contributed by atoms with E-state index in [0.29, 0.717) is 18.8 Å². The van der Waals surface area contributed by atoms with Gasteiger partial charge in [0.05, 0.1) is 24.1 Å². The third-order valence-electron chi connectivity index (χ3n) is 3.37. The molecule has 0 saturated carbocycles. The number of hydrogen-bond acceptors (Lipinski definition) is 4. The predicted molar refractivity (Wildman–Crippen MR) is 85.2 cm³/mol. The maximum atomic E-state index is 12.3. The van der Waals surface area contributed by atoms with Gasteiger partial charge in [-0.25, -0.2) is 0 Å². The first-order valence-corrected chi connectivity index (χ1v) is 8.34. The Bertz CT molecular complexity index is 464. The van der Waals surface area contributed by atoms with Gasteiger partial charge in [-0.05, 0) is 19.4 Å². The Labute approximate surface area is 130 Å². The van der Waals surface area contributed by atoms with Crippen molar-refractivity contribution in [2.75, 3.05) is 25.4 Å². The molecule has 1 atom stereocenters. The molecule has 1 N–H and O–H groups in total. The van der Waals surface area contributed by atoms with Crippen LogP contribution in [0.3, 0.4) is 0 Å². The average Bonchev–Trinajstić information content (AvgIpc) is 2.46. The van der Waals surface area contributed by atoms with Crippen LogP contribution in [0.25, 0.3) is 0 Å². The summed E-state index contributed by atoms with van der Waals surface area (Å²) in [6.07, 6.45) is -0.281. The van der Waals surface area contributed by atoms with Crippen molar-refractivity contribution in [3.8, 4) is 0 Å². The number of amides is 1. The Morgan fingerprint density at radius 2 is 2.14 bits per heavy atom. The van der Waals surface area contributed by atoms with Gasteiger partial charge in [-0.15, -0.1) is 11.8 Å². The summed E-state index contributed by atoms with van der Waals surface area (Å²) in [5.41, 5.74) is 0.830. The second-order valence-corrected chi connectivity index (χ2v) is 6.92. The van der Waals surface area contributed by atoms with E-state index in [1.54, 1.807) is 11.8 Å². The molecule has 0 aromatic heterocycles. The molecule has 1 aliphatic heterocycles. The third-order valence-corrected chi connectivity index (χ3v) is 4.36. The Morgan fingerprint density at radius 1 is 1.43 bits per heavy atom. The number of benzene rings is 1. The SMILES string of the molecule is CC1(C)CN(C(=O)CSCc2ccccc2)CC(CO)O1. The van der Waals surface area contributed by atoms with Crippen LogP contribution < -0.4 is 0 Å². The van der Waals surface area contributed by atoms with E-state index in [1.807, 2.05) is 36.9 Å². The van der Waals surface area contributed by atoms with Crippen LogP contribution in [0, 0.1) is 0 Å². The maximum Gasteiger partial charge on any atom is 0.232 e. The van der Waals surface area contributed by atoms with E-state index < -0.39 is 5.60 Å². The quantitative estimate of drug-likeness (QED) is 0.903. The summed E-state index contributed by atoms with van der Waals surface area (Å²) < 4.78 is 5.73. The van der Waals surface area contributed by atoms with Gasteiger partial charge in [-0.2, -0.15) is 0 Å². The first kappa shape index (κ1) is 16.3. The number of nitrogens with zero attached hydrogens (tertiary/aromatic N) is 1. The van der Waals surface area contributed by atoms with Gasteiger partial charge in [0.1, 0.15) is 0 Å². The molecule has 4 nitrogen and oxygen atoms in total. The van der Waals surface area contributed by atoms with Crippen molar-refractivity contribution in [1.29, 1.82) is 0 Å². The van der Waals surface area contributed by atoms with Gasteiger partial charge in [0.25, 0.3) is 0 Å². The second kappa shape index (κ2) is 7.29. The molecule has 1 aromatic carbocycles. The number of aliphatic hydroxyl groups excluding tert-OH is 1. The maximum absolute atomic E-state index is 12.3. The number of hydrogen-bond donors (Lipinski definition) is 1. The lowest BCUT2D eigenvalue weighted by molar-refractivity contribution is -0.165. The molecule has 1 fully saturated rings. The number of ether oxygens (including phenoxy) is 1. The average molecular weight is 309 g/mol. The van der Waals surface area contributed by atoms with Crippen LogP contribution in [-0.4, -0.2) is 53.1 Å². The summed E-state index contributed by atoms with van der Waals surface area (Å²) in [4.78, 5) is 14.1.